The first kappa shape index (κ1) is 24.7. The van der Waals surface area contributed by atoms with Crippen LogP contribution in [-0.4, -0.2) is 32.6 Å². The van der Waals surface area contributed by atoms with Gasteiger partial charge in [0.05, 0.1) is 23.5 Å². The zero-order valence-corrected chi connectivity index (χ0v) is 21.6. The Morgan fingerprint density at radius 3 is 2.30 bits per heavy atom. The maximum Gasteiger partial charge on any atom is 0.335 e. The van der Waals surface area contributed by atoms with Crippen LogP contribution in [0.15, 0.2) is 24.3 Å². The van der Waals surface area contributed by atoms with Crippen LogP contribution >= 0.6 is 0 Å². The van der Waals surface area contributed by atoms with E-state index in [4.69, 9.17) is 9.72 Å². The fourth-order valence-corrected chi connectivity index (χ4v) is 8.00. The van der Waals surface area contributed by atoms with E-state index >= 15 is 0 Å². The van der Waals surface area contributed by atoms with Crippen molar-refractivity contribution in [2.24, 2.45) is 17.8 Å². The highest BCUT2D eigenvalue weighted by atomic mass is 16.5. The Bertz CT molecular complexity index is 1110. The first-order chi connectivity index (χ1) is 18.0. The molecule has 4 bridgehead atoms. The first-order valence-electron chi connectivity index (χ1n) is 14.3. The summed E-state index contributed by atoms with van der Waals surface area (Å²) in [5.41, 5.74) is 1.67. The normalized spacial score (nSPS) is 29.6. The van der Waals surface area contributed by atoms with E-state index in [0.29, 0.717) is 23.9 Å². The summed E-state index contributed by atoms with van der Waals surface area (Å²) in [6, 6.07) is 6.34. The van der Waals surface area contributed by atoms with Gasteiger partial charge in [-0.25, -0.2) is 9.78 Å². The first-order valence-corrected chi connectivity index (χ1v) is 14.3. The van der Waals surface area contributed by atoms with Crippen LogP contribution in [0.25, 0.3) is 0 Å². The number of hydrogen-bond acceptors (Lipinski definition) is 4. The second kappa shape index (κ2) is 10.2. The molecule has 37 heavy (non-hydrogen) atoms. The van der Waals surface area contributed by atoms with E-state index < -0.39 is 5.97 Å². The molecule has 1 amide bonds. The van der Waals surface area contributed by atoms with Crippen LogP contribution < -0.4 is 5.32 Å². The monoisotopic (exact) mass is 505 g/mol. The number of anilines is 1. The molecule has 0 spiro atoms. The molecule has 198 valence electrons. The van der Waals surface area contributed by atoms with E-state index in [1.165, 1.54) is 63.5 Å². The van der Waals surface area contributed by atoms with Gasteiger partial charge in [-0.2, -0.15) is 0 Å². The molecule has 7 rings (SSSR count). The SMILES string of the molecule is O=C(O)c1cccc(NC(=O)c2nc(C3CCCCCCC3)[nH]c2COC23CC4CC(CC(C4)C2)C3)c1. The van der Waals surface area contributed by atoms with Gasteiger partial charge in [0.25, 0.3) is 5.91 Å². The molecule has 3 N–H and O–H groups in total. The number of carbonyl (C=O) groups is 2. The predicted molar refractivity (Wildman–Crippen MR) is 141 cm³/mol. The maximum atomic E-state index is 13.5. The molecular formula is C30H39N3O4. The Labute approximate surface area is 218 Å². The smallest absolute Gasteiger partial charge is 0.335 e. The fourth-order valence-electron chi connectivity index (χ4n) is 8.00. The van der Waals surface area contributed by atoms with Crippen LogP contribution in [0.4, 0.5) is 5.69 Å². The van der Waals surface area contributed by atoms with Gasteiger partial charge in [-0.1, -0.05) is 38.2 Å². The van der Waals surface area contributed by atoms with Crippen molar-refractivity contribution >= 4 is 17.6 Å². The van der Waals surface area contributed by atoms with Crippen LogP contribution in [0.5, 0.6) is 0 Å². The van der Waals surface area contributed by atoms with Crippen LogP contribution in [0.2, 0.25) is 0 Å². The number of ether oxygens (including phenoxy) is 1. The molecule has 0 saturated heterocycles. The zero-order valence-electron chi connectivity index (χ0n) is 21.6. The summed E-state index contributed by atoms with van der Waals surface area (Å²) in [6.45, 7) is 0.365. The second-order valence-electron chi connectivity index (χ2n) is 12.2. The van der Waals surface area contributed by atoms with Crippen LogP contribution in [0, 0.1) is 17.8 Å². The third-order valence-electron chi connectivity index (χ3n) is 9.38. The van der Waals surface area contributed by atoms with E-state index in [1.807, 2.05) is 0 Å². The van der Waals surface area contributed by atoms with E-state index in [1.54, 1.807) is 12.1 Å². The van der Waals surface area contributed by atoms with Crippen molar-refractivity contribution in [3.63, 3.8) is 0 Å². The topological polar surface area (TPSA) is 104 Å². The highest BCUT2D eigenvalue weighted by molar-refractivity contribution is 6.04. The van der Waals surface area contributed by atoms with Crippen molar-refractivity contribution in [1.82, 2.24) is 9.97 Å². The summed E-state index contributed by atoms with van der Waals surface area (Å²) in [7, 11) is 0. The maximum absolute atomic E-state index is 13.5. The minimum atomic E-state index is -1.02. The van der Waals surface area contributed by atoms with Gasteiger partial charge in [-0.05, 0) is 87.3 Å². The number of benzene rings is 1. The minimum Gasteiger partial charge on any atom is -0.478 e. The van der Waals surface area contributed by atoms with E-state index in [9.17, 15) is 14.7 Å². The molecule has 0 unspecified atom stereocenters. The lowest BCUT2D eigenvalue weighted by atomic mass is 9.54. The zero-order chi connectivity index (χ0) is 25.4. The number of imidazole rings is 1. The number of carboxylic acid groups (broad SMARTS) is 1. The van der Waals surface area contributed by atoms with E-state index in [0.717, 1.165) is 61.4 Å². The number of hydrogen-bond donors (Lipinski definition) is 3. The molecule has 1 heterocycles. The lowest BCUT2D eigenvalue weighted by Gasteiger charge is -2.56. The average molecular weight is 506 g/mol. The Hall–Kier alpha value is -2.67. The number of amides is 1. The number of aromatic nitrogens is 2. The molecule has 1 aromatic heterocycles. The third kappa shape index (κ3) is 5.33. The molecule has 0 atom stereocenters. The highest BCUT2D eigenvalue weighted by Crippen LogP contribution is 2.57. The number of nitrogens with one attached hydrogen (secondary N) is 2. The molecule has 5 fully saturated rings. The van der Waals surface area contributed by atoms with E-state index in [-0.39, 0.29) is 17.1 Å². The Morgan fingerprint density at radius 1 is 1.00 bits per heavy atom. The Morgan fingerprint density at radius 2 is 1.65 bits per heavy atom. The fraction of sp³-hybridized carbons (Fsp3) is 0.633. The average Bonchev–Trinajstić information content (AvgIpc) is 3.26. The predicted octanol–water partition coefficient (Wildman–Crippen LogP) is 6.67. The quantitative estimate of drug-likeness (QED) is 0.390. The molecule has 5 aliphatic carbocycles. The summed E-state index contributed by atoms with van der Waals surface area (Å²) in [4.78, 5) is 33.3. The molecule has 5 aliphatic rings. The molecule has 7 nitrogen and oxygen atoms in total. The molecule has 2 aromatic rings. The van der Waals surface area contributed by atoms with Gasteiger partial charge in [0, 0.05) is 11.6 Å². The number of H-pyrrole nitrogens is 1. The third-order valence-corrected chi connectivity index (χ3v) is 9.38. The number of rotatable bonds is 7. The Balaban J connectivity index is 1.24. The van der Waals surface area contributed by atoms with Gasteiger partial charge < -0.3 is 20.1 Å². The van der Waals surface area contributed by atoms with Crippen molar-refractivity contribution < 1.29 is 19.4 Å². The largest absolute Gasteiger partial charge is 0.478 e. The summed E-state index contributed by atoms with van der Waals surface area (Å²) < 4.78 is 6.74. The molecule has 0 radical (unpaired) electrons. The van der Waals surface area contributed by atoms with Crippen LogP contribution in [0.1, 0.15) is 122 Å². The van der Waals surface area contributed by atoms with Crippen molar-refractivity contribution in [1.29, 1.82) is 0 Å². The van der Waals surface area contributed by atoms with Gasteiger partial charge >= 0.3 is 5.97 Å². The van der Waals surface area contributed by atoms with Gasteiger partial charge in [0.15, 0.2) is 5.69 Å². The second-order valence-corrected chi connectivity index (χ2v) is 12.2. The summed E-state index contributed by atoms with van der Waals surface area (Å²) in [6.07, 6.45) is 15.9. The summed E-state index contributed by atoms with van der Waals surface area (Å²) in [5.74, 6) is 2.27. The number of carboxylic acids is 1. The number of nitrogens with zero attached hydrogens (tertiary/aromatic N) is 1. The lowest BCUT2D eigenvalue weighted by molar-refractivity contribution is -0.169. The van der Waals surface area contributed by atoms with Crippen LogP contribution in [0.3, 0.4) is 0 Å². The highest BCUT2D eigenvalue weighted by Gasteiger charge is 2.51. The summed E-state index contributed by atoms with van der Waals surface area (Å²) >= 11 is 0. The van der Waals surface area contributed by atoms with Gasteiger partial charge in [-0.15, -0.1) is 0 Å². The van der Waals surface area contributed by atoms with Crippen molar-refractivity contribution in [3.05, 3.63) is 47.0 Å². The summed E-state index contributed by atoms with van der Waals surface area (Å²) in [5, 5.41) is 12.2. The Kier molecular flexibility index (Phi) is 6.82. The molecule has 7 heteroatoms. The van der Waals surface area contributed by atoms with E-state index in [2.05, 4.69) is 10.3 Å². The lowest BCUT2D eigenvalue weighted by Crippen LogP contribution is -2.51. The minimum absolute atomic E-state index is 0.0518. The molecule has 1 aromatic carbocycles. The van der Waals surface area contributed by atoms with Crippen LogP contribution in [-0.2, 0) is 11.3 Å². The van der Waals surface area contributed by atoms with Crippen molar-refractivity contribution in [2.75, 3.05) is 5.32 Å². The van der Waals surface area contributed by atoms with Gasteiger partial charge in [0.2, 0.25) is 0 Å². The molecule has 0 aliphatic heterocycles. The molecular weight excluding hydrogens is 466 g/mol. The van der Waals surface area contributed by atoms with Crippen molar-refractivity contribution in [3.8, 4) is 0 Å². The number of aromatic carboxylic acids is 1. The number of carbonyl (C=O) groups excluding carboxylic acids is 1. The standard InChI is InChI=1S/C30H39N3O4/c34-28(31-24-10-6-9-23(14-24)29(35)36)26-25(32-27(33-26)22-7-4-2-1-3-5-8-22)18-37-30-15-19-11-20(16-30)13-21(12-19)17-30/h6,9-10,14,19-22H,1-5,7-8,11-13,15-18H2,(H,31,34)(H,32,33)(H,35,36). The van der Waals surface area contributed by atoms with Crippen molar-refractivity contribution in [2.45, 2.75) is 102 Å². The van der Waals surface area contributed by atoms with Gasteiger partial charge in [0.1, 0.15) is 5.82 Å². The van der Waals surface area contributed by atoms with Gasteiger partial charge in [-0.3, -0.25) is 4.79 Å². The molecule has 5 saturated carbocycles. The number of aromatic amines is 1.